The summed E-state index contributed by atoms with van der Waals surface area (Å²) in [5, 5.41) is 4.45. The van der Waals surface area contributed by atoms with Crippen molar-refractivity contribution < 1.29 is 4.74 Å². The molecule has 0 radical (unpaired) electrons. The average Bonchev–Trinajstić information content (AvgIpc) is 3.29. The molecule has 1 atom stereocenters. The molecule has 1 heterocycles. The molecule has 0 aromatic heterocycles. The molecule has 1 N–H and O–H groups in total. The Labute approximate surface area is 126 Å². The van der Waals surface area contributed by atoms with E-state index in [0.717, 1.165) is 37.1 Å². The number of benzene rings is 1. The highest BCUT2D eigenvalue weighted by Gasteiger charge is 2.25. The Kier molecular flexibility index (Phi) is 4.49. The number of nitrogens with zero attached hydrogens (tertiary/aromatic N) is 1. The predicted octanol–water partition coefficient (Wildman–Crippen LogP) is 3.21. The molecular weight excluding hydrogens is 272 g/mol. The molecule has 0 amide bonds. The molecule has 1 aromatic carbocycles. The van der Waals surface area contributed by atoms with Crippen LogP contribution in [-0.4, -0.2) is 32.3 Å². The van der Waals surface area contributed by atoms with Gasteiger partial charge in [0.2, 0.25) is 0 Å². The van der Waals surface area contributed by atoms with Crippen molar-refractivity contribution in [2.45, 2.75) is 44.4 Å². The molecule has 1 aliphatic heterocycles. The quantitative estimate of drug-likeness (QED) is 0.902. The van der Waals surface area contributed by atoms with Crippen molar-refractivity contribution >= 4 is 17.3 Å². The number of nitrogens with one attached hydrogen (secondary N) is 1. The Morgan fingerprint density at radius 1 is 1.35 bits per heavy atom. The van der Waals surface area contributed by atoms with Crippen molar-refractivity contribution in [3.8, 4) is 0 Å². The molecule has 4 heteroatoms. The third-order valence-electron chi connectivity index (χ3n) is 4.26. The maximum absolute atomic E-state index is 6.47. The summed E-state index contributed by atoms with van der Waals surface area (Å²) in [6, 6.07) is 6.95. The molecule has 2 fully saturated rings. The van der Waals surface area contributed by atoms with Crippen LogP contribution in [0.5, 0.6) is 0 Å². The van der Waals surface area contributed by atoms with E-state index in [4.69, 9.17) is 16.3 Å². The van der Waals surface area contributed by atoms with Gasteiger partial charge in [0.1, 0.15) is 0 Å². The molecule has 1 saturated heterocycles. The summed E-state index contributed by atoms with van der Waals surface area (Å²) < 4.78 is 5.53. The summed E-state index contributed by atoms with van der Waals surface area (Å²) in [5.41, 5.74) is 2.50. The lowest BCUT2D eigenvalue weighted by atomic mass is 10.0. The largest absolute Gasteiger partial charge is 0.380 e. The second-order valence-electron chi connectivity index (χ2n) is 5.85. The first kappa shape index (κ1) is 14.2. The maximum Gasteiger partial charge on any atom is 0.0746 e. The van der Waals surface area contributed by atoms with Gasteiger partial charge in [-0.15, -0.1) is 0 Å². The van der Waals surface area contributed by atoms with Gasteiger partial charge in [0.05, 0.1) is 16.8 Å². The monoisotopic (exact) mass is 294 g/mol. The number of hydrogen-bond acceptors (Lipinski definition) is 3. The average molecular weight is 295 g/mol. The van der Waals surface area contributed by atoms with Gasteiger partial charge >= 0.3 is 0 Å². The van der Waals surface area contributed by atoms with Gasteiger partial charge in [-0.1, -0.05) is 23.7 Å². The predicted molar refractivity (Wildman–Crippen MR) is 83.6 cm³/mol. The molecular formula is C16H23ClN2O. The molecule has 0 bridgehead atoms. The van der Waals surface area contributed by atoms with Crippen LogP contribution >= 0.6 is 11.6 Å². The Morgan fingerprint density at radius 2 is 2.20 bits per heavy atom. The van der Waals surface area contributed by atoms with Crippen molar-refractivity contribution in [2.24, 2.45) is 0 Å². The molecule has 2 aliphatic rings. The second-order valence-corrected chi connectivity index (χ2v) is 6.26. The van der Waals surface area contributed by atoms with E-state index in [2.05, 4.69) is 16.3 Å². The van der Waals surface area contributed by atoms with Gasteiger partial charge in [0.15, 0.2) is 0 Å². The van der Waals surface area contributed by atoms with Crippen LogP contribution in [0.4, 0.5) is 5.69 Å². The number of methoxy groups -OCH3 is 1. The Morgan fingerprint density at radius 3 is 2.95 bits per heavy atom. The van der Waals surface area contributed by atoms with Crippen LogP contribution in [0.3, 0.4) is 0 Å². The summed E-state index contributed by atoms with van der Waals surface area (Å²) >= 11 is 6.47. The van der Waals surface area contributed by atoms with Crippen LogP contribution < -0.4 is 10.2 Å². The standard InChI is InChI=1S/C16H23ClN2O/c1-20-14-5-3-9-19(11-14)16-12(4-2-6-15(16)17)10-18-13-7-8-13/h2,4,6,13-14,18H,3,5,7-11H2,1H3. The second kappa shape index (κ2) is 6.33. The van der Waals surface area contributed by atoms with E-state index in [9.17, 15) is 0 Å². The highest BCUT2D eigenvalue weighted by molar-refractivity contribution is 6.33. The van der Waals surface area contributed by atoms with Crippen LogP contribution in [0.25, 0.3) is 0 Å². The zero-order chi connectivity index (χ0) is 13.9. The number of piperidine rings is 1. The molecule has 3 rings (SSSR count). The fourth-order valence-electron chi connectivity index (χ4n) is 2.93. The highest BCUT2D eigenvalue weighted by atomic mass is 35.5. The number of halogens is 1. The van der Waals surface area contributed by atoms with Crippen LogP contribution in [0.15, 0.2) is 18.2 Å². The first-order valence-electron chi connectivity index (χ1n) is 7.56. The van der Waals surface area contributed by atoms with Gasteiger partial charge in [-0.05, 0) is 37.3 Å². The van der Waals surface area contributed by atoms with E-state index in [1.165, 1.54) is 30.5 Å². The normalized spacial score (nSPS) is 23.1. The van der Waals surface area contributed by atoms with Gasteiger partial charge in [-0.25, -0.2) is 0 Å². The lowest BCUT2D eigenvalue weighted by Gasteiger charge is -2.35. The van der Waals surface area contributed by atoms with Gasteiger partial charge in [0, 0.05) is 32.8 Å². The summed E-state index contributed by atoms with van der Waals surface area (Å²) in [4.78, 5) is 2.39. The summed E-state index contributed by atoms with van der Waals surface area (Å²) in [6.07, 6.45) is 5.26. The summed E-state index contributed by atoms with van der Waals surface area (Å²) in [7, 11) is 1.80. The zero-order valence-electron chi connectivity index (χ0n) is 12.1. The highest BCUT2D eigenvalue weighted by Crippen LogP contribution is 2.33. The van der Waals surface area contributed by atoms with E-state index in [-0.39, 0.29) is 0 Å². The van der Waals surface area contributed by atoms with Crippen LogP contribution in [0, 0.1) is 0 Å². The lowest BCUT2D eigenvalue weighted by Crippen LogP contribution is -2.40. The smallest absolute Gasteiger partial charge is 0.0746 e. The van der Waals surface area contributed by atoms with Crippen LogP contribution in [-0.2, 0) is 11.3 Å². The minimum atomic E-state index is 0.323. The van der Waals surface area contributed by atoms with E-state index < -0.39 is 0 Å². The molecule has 0 spiro atoms. The van der Waals surface area contributed by atoms with Gasteiger partial charge in [-0.2, -0.15) is 0 Å². The van der Waals surface area contributed by atoms with Crippen molar-refractivity contribution in [3.05, 3.63) is 28.8 Å². The molecule has 1 saturated carbocycles. The third kappa shape index (κ3) is 3.27. The number of anilines is 1. The van der Waals surface area contributed by atoms with Gasteiger partial charge in [-0.3, -0.25) is 0 Å². The van der Waals surface area contributed by atoms with Crippen molar-refractivity contribution in [1.29, 1.82) is 0 Å². The Hall–Kier alpha value is -0.770. The first-order valence-corrected chi connectivity index (χ1v) is 7.94. The number of rotatable bonds is 5. The maximum atomic E-state index is 6.47. The van der Waals surface area contributed by atoms with Gasteiger partial charge in [0.25, 0.3) is 0 Å². The van der Waals surface area contributed by atoms with E-state index in [1.807, 2.05) is 12.1 Å². The first-order chi connectivity index (χ1) is 9.78. The molecule has 3 nitrogen and oxygen atoms in total. The minimum Gasteiger partial charge on any atom is -0.380 e. The topological polar surface area (TPSA) is 24.5 Å². The summed E-state index contributed by atoms with van der Waals surface area (Å²) in [5.74, 6) is 0. The Balaban J connectivity index is 1.78. The van der Waals surface area contributed by atoms with E-state index in [1.54, 1.807) is 7.11 Å². The SMILES string of the molecule is COC1CCCN(c2c(Cl)cccc2CNC2CC2)C1. The van der Waals surface area contributed by atoms with Crippen LogP contribution in [0.2, 0.25) is 5.02 Å². The fraction of sp³-hybridized carbons (Fsp3) is 0.625. The van der Waals surface area contributed by atoms with E-state index >= 15 is 0 Å². The third-order valence-corrected chi connectivity index (χ3v) is 4.56. The van der Waals surface area contributed by atoms with Crippen molar-refractivity contribution in [2.75, 3.05) is 25.1 Å². The molecule has 1 aliphatic carbocycles. The molecule has 110 valence electrons. The molecule has 1 unspecified atom stereocenters. The van der Waals surface area contributed by atoms with Crippen LogP contribution in [0.1, 0.15) is 31.2 Å². The van der Waals surface area contributed by atoms with Crippen molar-refractivity contribution in [3.63, 3.8) is 0 Å². The molecule has 20 heavy (non-hydrogen) atoms. The van der Waals surface area contributed by atoms with Gasteiger partial charge < -0.3 is 15.0 Å². The number of ether oxygens (including phenoxy) is 1. The Bertz CT molecular complexity index is 462. The lowest BCUT2D eigenvalue weighted by molar-refractivity contribution is 0.0893. The fourth-order valence-corrected chi connectivity index (χ4v) is 3.25. The minimum absolute atomic E-state index is 0.323. The summed E-state index contributed by atoms with van der Waals surface area (Å²) in [6.45, 7) is 2.92. The number of hydrogen-bond donors (Lipinski definition) is 1. The number of para-hydroxylation sites is 1. The van der Waals surface area contributed by atoms with Crippen molar-refractivity contribution in [1.82, 2.24) is 5.32 Å². The van der Waals surface area contributed by atoms with E-state index in [0.29, 0.717) is 6.10 Å². The molecule has 1 aromatic rings. The zero-order valence-corrected chi connectivity index (χ0v) is 12.8.